The predicted octanol–water partition coefficient (Wildman–Crippen LogP) is 2.87. The van der Waals surface area contributed by atoms with E-state index < -0.39 is 17.7 Å². The topological polar surface area (TPSA) is 92.8 Å². The molecule has 0 saturated carbocycles. The van der Waals surface area contributed by atoms with E-state index >= 15 is 0 Å². The van der Waals surface area contributed by atoms with Gasteiger partial charge in [0.05, 0.1) is 0 Å². The summed E-state index contributed by atoms with van der Waals surface area (Å²) in [5.74, 6) is -0.0376. The van der Waals surface area contributed by atoms with Crippen LogP contribution in [0.15, 0.2) is 53.7 Å². The molecular weight excluding hydrogens is 339 g/mol. The second-order valence-corrected chi connectivity index (χ2v) is 4.77. The van der Waals surface area contributed by atoms with Crippen LogP contribution >= 0.6 is 0 Å². The number of rotatable bonds is 4. The number of aromatic amines is 1. The van der Waals surface area contributed by atoms with Gasteiger partial charge in [0, 0.05) is 36.3 Å². The predicted molar refractivity (Wildman–Crippen MR) is 82.3 cm³/mol. The number of ether oxygens (including phenoxy) is 1. The maximum atomic E-state index is 12.3. The van der Waals surface area contributed by atoms with Gasteiger partial charge < -0.3 is 15.0 Å². The normalized spacial score (nSPS) is 11.2. The van der Waals surface area contributed by atoms with Crippen LogP contribution in [0.25, 0.3) is 11.4 Å². The summed E-state index contributed by atoms with van der Waals surface area (Å²) in [7, 11) is 0. The lowest BCUT2D eigenvalue weighted by atomic mass is 10.2. The Kier molecular flexibility index (Phi) is 4.33. The highest BCUT2D eigenvalue weighted by atomic mass is 19.4. The van der Waals surface area contributed by atoms with E-state index in [1.54, 1.807) is 18.3 Å². The Morgan fingerprint density at radius 3 is 2.68 bits per heavy atom. The summed E-state index contributed by atoms with van der Waals surface area (Å²) in [4.78, 5) is 26.3. The van der Waals surface area contributed by atoms with Crippen LogP contribution in [0.1, 0.15) is 0 Å². The summed E-state index contributed by atoms with van der Waals surface area (Å²) in [5, 5.41) is 2.67. The Morgan fingerprint density at radius 2 is 1.96 bits per heavy atom. The van der Waals surface area contributed by atoms with Crippen LogP contribution in [-0.4, -0.2) is 26.3 Å². The molecule has 2 N–H and O–H groups in total. The van der Waals surface area contributed by atoms with Crippen molar-refractivity contribution in [3.05, 3.63) is 59.3 Å². The van der Waals surface area contributed by atoms with E-state index in [2.05, 4.69) is 30.0 Å². The molecule has 0 aromatic carbocycles. The minimum atomic E-state index is -4.81. The van der Waals surface area contributed by atoms with Crippen LogP contribution in [0.4, 0.5) is 24.8 Å². The first-order chi connectivity index (χ1) is 11.9. The first-order valence-electron chi connectivity index (χ1n) is 6.90. The minimum Gasteiger partial charge on any atom is -0.406 e. The van der Waals surface area contributed by atoms with Crippen molar-refractivity contribution >= 4 is 11.6 Å². The molecule has 7 nitrogen and oxygen atoms in total. The molecule has 0 aliphatic rings. The molecule has 3 aromatic heterocycles. The van der Waals surface area contributed by atoms with Crippen LogP contribution in [0, 0.1) is 0 Å². The van der Waals surface area contributed by atoms with Gasteiger partial charge in [0.15, 0.2) is 0 Å². The van der Waals surface area contributed by atoms with Gasteiger partial charge in [-0.3, -0.25) is 9.78 Å². The first-order valence-corrected chi connectivity index (χ1v) is 6.90. The molecule has 0 radical (unpaired) electrons. The molecule has 0 atom stereocenters. The summed E-state index contributed by atoms with van der Waals surface area (Å²) in [6, 6.07) is 6.63. The third kappa shape index (κ3) is 4.53. The van der Waals surface area contributed by atoms with E-state index in [0.29, 0.717) is 5.56 Å². The van der Waals surface area contributed by atoms with Gasteiger partial charge in [-0.2, -0.15) is 0 Å². The monoisotopic (exact) mass is 349 g/mol. The van der Waals surface area contributed by atoms with Crippen molar-refractivity contribution in [3.63, 3.8) is 0 Å². The number of alkyl halides is 3. The number of H-pyrrole nitrogens is 1. The van der Waals surface area contributed by atoms with Crippen molar-refractivity contribution in [2.24, 2.45) is 0 Å². The summed E-state index contributed by atoms with van der Waals surface area (Å²) in [5.41, 5.74) is 0.129. The Morgan fingerprint density at radius 1 is 1.12 bits per heavy atom. The second kappa shape index (κ2) is 6.59. The fourth-order valence-corrected chi connectivity index (χ4v) is 1.97. The van der Waals surface area contributed by atoms with Gasteiger partial charge in [-0.05, 0) is 18.2 Å². The van der Waals surface area contributed by atoms with E-state index in [9.17, 15) is 18.0 Å². The highest BCUT2D eigenvalue weighted by Gasteiger charge is 2.31. The Bertz CT molecular complexity index is 928. The molecule has 10 heteroatoms. The average molecular weight is 349 g/mol. The van der Waals surface area contributed by atoms with Crippen molar-refractivity contribution in [1.82, 2.24) is 19.9 Å². The number of aromatic nitrogens is 4. The zero-order valence-electron chi connectivity index (χ0n) is 12.4. The minimum absolute atomic E-state index is 0.0389. The number of pyridine rings is 2. The molecule has 0 aliphatic heterocycles. The Hall–Kier alpha value is -3.43. The zero-order chi connectivity index (χ0) is 17.9. The lowest BCUT2D eigenvalue weighted by Crippen LogP contribution is -2.17. The Balaban J connectivity index is 1.87. The molecule has 0 amide bonds. The third-order valence-corrected chi connectivity index (χ3v) is 2.90. The summed E-state index contributed by atoms with van der Waals surface area (Å²) >= 11 is 0. The fourth-order valence-electron chi connectivity index (χ4n) is 1.97. The van der Waals surface area contributed by atoms with Gasteiger partial charge >= 0.3 is 6.36 Å². The van der Waals surface area contributed by atoms with Crippen molar-refractivity contribution in [2.45, 2.75) is 6.36 Å². The molecule has 0 spiro atoms. The van der Waals surface area contributed by atoms with Gasteiger partial charge in [-0.15, -0.1) is 13.2 Å². The second-order valence-electron chi connectivity index (χ2n) is 4.77. The van der Waals surface area contributed by atoms with Crippen molar-refractivity contribution < 1.29 is 17.9 Å². The number of nitrogens with zero attached hydrogens (tertiary/aromatic N) is 3. The highest BCUT2D eigenvalue weighted by molar-refractivity contribution is 5.59. The van der Waals surface area contributed by atoms with Crippen molar-refractivity contribution in [1.29, 1.82) is 0 Å². The average Bonchev–Trinajstić information content (AvgIpc) is 2.54. The van der Waals surface area contributed by atoms with Crippen LogP contribution in [-0.2, 0) is 0 Å². The zero-order valence-corrected chi connectivity index (χ0v) is 12.4. The lowest BCUT2D eigenvalue weighted by Gasteiger charge is -2.10. The smallest absolute Gasteiger partial charge is 0.406 e. The summed E-state index contributed by atoms with van der Waals surface area (Å²) in [6.07, 6.45) is -0.593. The molecule has 0 fully saturated rings. The SMILES string of the molecule is O=c1cc(Nc2cc(OC(F)(F)F)ccn2)nc(-c2cccnc2)[nH]1. The number of anilines is 2. The van der Waals surface area contributed by atoms with Crippen molar-refractivity contribution in [3.8, 4) is 17.1 Å². The van der Waals surface area contributed by atoms with Gasteiger partial charge in [-0.1, -0.05) is 0 Å². The summed E-state index contributed by atoms with van der Waals surface area (Å²) < 4.78 is 40.6. The molecule has 3 rings (SSSR count). The van der Waals surface area contributed by atoms with Gasteiger partial charge in [0.1, 0.15) is 23.2 Å². The molecule has 3 heterocycles. The van der Waals surface area contributed by atoms with Crippen molar-refractivity contribution in [2.75, 3.05) is 5.32 Å². The summed E-state index contributed by atoms with van der Waals surface area (Å²) in [6.45, 7) is 0. The van der Waals surface area contributed by atoms with Crippen LogP contribution in [0.3, 0.4) is 0 Å². The lowest BCUT2D eigenvalue weighted by molar-refractivity contribution is -0.274. The van der Waals surface area contributed by atoms with Gasteiger partial charge in [0.25, 0.3) is 5.56 Å². The highest BCUT2D eigenvalue weighted by Crippen LogP contribution is 2.25. The number of nitrogens with one attached hydrogen (secondary N) is 2. The van der Waals surface area contributed by atoms with Crippen LogP contribution in [0.2, 0.25) is 0 Å². The van der Waals surface area contributed by atoms with E-state index in [1.807, 2.05) is 0 Å². The van der Waals surface area contributed by atoms with Gasteiger partial charge in [-0.25, -0.2) is 9.97 Å². The molecule has 25 heavy (non-hydrogen) atoms. The molecular formula is C15H10F3N5O2. The van der Waals surface area contributed by atoms with E-state index in [0.717, 1.165) is 24.4 Å². The van der Waals surface area contributed by atoms with E-state index in [4.69, 9.17) is 0 Å². The third-order valence-electron chi connectivity index (χ3n) is 2.90. The van der Waals surface area contributed by atoms with E-state index in [1.165, 1.54) is 6.20 Å². The fraction of sp³-hybridized carbons (Fsp3) is 0.0667. The first kappa shape index (κ1) is 16.4. The Labute approximate surface area is 138 Å². The quantitative estimate of drug-likeness (QED) is 0.752. The van der Waals surface area contributed by atoms with E-state index in [-0.39, 0.29) is 17.5 Å². The maximum absolute atomic E-state index is 12.3. The molecule has 3 aromatic rings. The van der Waals surface area contributed by atoms with Crippen LogP contribution < -0.4 is 15.6 Å². The van der Waals surface area contributed by atoms with Crippen LogP contribution in [0.5, 0.6) is 5.75 Å². The van der Waals surface area contributed by atoms with Gasteiger partial charge in [0.2, 0.25) is 0 Å². The molecule has 0 aliphatic carbocycles. The number of hydrogen-bond donors (Lipinski definition) is 2. The maximum Gasteiger partial charge on any atom is 0.573 e. The number of halogens is 3. The molecule has 0 bridgehead atoms. The standard InChI is InChI=1S/C15H10F3N5O2/c16-15(17,18)25-10-3-5-20-11(6-10)21-12-7-13(24)23-14(22-12)9-2-1-4-19-8-9/h1-8H,(H2,20,21,22,23,24). The number of hydrogen-bond acceptors (Lipinski definition) is 6. The molecule has 0 unspecified atom stereocenters. The molecule has 128 valence electrons. The largest absolute Gasteiger partial charge is 0.573 e. The molecule has 0 saturated heterocycles.